The number of rotatable bonds is 8. The van der Waals surface area contributed by atoms with Gasteiger partial charge in [-0.3, -0.25) is 4.79 Å². The molecule has 1 N–H and O–H groups in total. The summed E-state index contributed by atoms with van der Waals surface area (Å²) in [5.74, 6) is 1.48. The second-order valence-corrected chi connectivity index (χ2v) is 6.86. The average molecular weight is 339 g/mol. The number of hydrogen-bond acceptors (Lipinski definition) is 2. The molecule has 0 radical (unpaired) electrons. The summed E-state index contributed by atoms with van der Waals surface area (Å²) in [4.78, 5) is 11.9. The summed E-state index contributed by atoms with van der Waals surface area (Å²) < 4.78 is 5.73. The van der Waals surface area contributed by atoms with Crippen molar-refractivity contribution in [2.45, 2.75) is 46.5 Å². The predicted molar refractivity (Wildman–Crippen MR) is 103 cm³/mol. The number of benzene rings is 2. The van der Waals surface area contributed by atoms with E-state index in [2.05, 4.69) is 56.4 Å². The Kier molecular flexibility index (Phi) is 7.05. The third kappa shape index (κ3) is 6.26. The molecule has 25 heavy (non-hydrogen) atoms. The highest BCUT2D eigenvalue weighted by Crippen LogP contribution is 2.18. The molecule has 134 valence electrons. The summed E-state index contributed by atoms with van der Waals surface area (Å²) in [5, 5.41) is 2.92. The molecule has 0 aromatic heterocycles. The molecule has 0 aliphatic heterocycles. The zero-order valence-corrected chi connectivity index (χ0v) is 15.8. The molecule has 0 aliphatic rings. The number of carbonyl (C=O) groups excluding carboxylic acids is 1. The maximum Gasteiger partial charge on any atom is 0.220 e. The molecule has 0 bridgehead atoms. The smallest absolute Gasteiger partial charge is 0.220 e. The second-order valence-electron chi connectivity index (χ2n) is 6.86. The van der Waals surface area contributed by atoms with Crippen LogP contribution in [0.25, 0.3) is 0 Å². The van der Waals surface area contributed by atoms with Gasteiger partial charge in [-0.05, 0) is 48.9 Å². The van der Waals surface area contributed by atoms with Crippen molar-refractivity contribution in [3.05, 3.63) is 64.7 Å². The van der Waals surface area contributed by atoms with Gasteiger partial charge in [0.25, 0.3) is 0 Å². The van der Waals surface area contributed by atoms with E-state index >= 15 is 0 Å². The van der Waals surface area contributed by atoms with Crippen molar-refractivity contribution in [1.82, 2.24) is 5.32 Å². The van der Waals surface area contributed by atoms with E-state index in [9.17, 15) is 4.79 Å². The first-order valence-electron chi connectivity index (χ1n) is 9.01. The van der Waals surface area contributed by atoms with E-state index in [0.29, 0.717) is 25.5 Å². The second kappa shape index (κ2) is 9.26. The van der Waals surface area contributed by atoms with Crippen LogP contribution in [0.3, 0.4) is 0 Å². The summed E-state index contributed by atoms with van der Waals surface area (Å²) in [6, 6.07) is 14.6. The van der Waals surface area contributed by atoms with Gasteiger partial charge in [0.15, 0.2) is 0 Å². The van der Waals surface area contributed by atoms with Gasteiger partial charge < -0.3 is 10.1 Å². The van der Waals surface area contributed by atoms with Crippen LogP contribution in [0.4, 0.5) is 0 Å². The largest absolute Gasteiger partial charge is 0.491 e. The molecule has 0 saturated heterocycles. The molecule has 2 aromatic rings. The Morgan fingerprint density at radius 2 is 1.80 bits per heavy atom. The van der Waals surface area contributed by atoms with Gasteiger partial charge in [0.1, 0.15) is 12.4 Å². The summed E-state index contributed by atoms with van der Waals surface area (Å²) in [6.07, 6.45) is 1.27. The number of carbonyl (C=O) groups is 1. The van der Waals surface area contributed by atoms with E-state index in [-0.39, 0.29) is 5.91 Å². The molecule has 0 fully saturated rings. The summed E-state index contributed by atoms with van der Waals surface area (Å²) in [6.45, 7) is 9.47. The molecule has 3 nitrogen and oxygen atoms in total. The predicted octanol–water partition coefficient (Wildman–Crippen LogP) is 4.55. The quantitative estimate of drug-likeness (QED) is 0.716. The number of aryl methyl sites for hydroxylation is 3. The van der Waals surface area contributed by atoms with Crippen LogP contribution in [-0.4, -0.2) is 19.1 Å². The third-order valence-corrected chi connectivity index (χ3v) is 4.30. The molecule has 0 unspecified atom stereocenters. The minimum absolute atomic E-state index is 0.0668. The van der Waals surface area contributed by atoms with Gasteiger partial charge in [0.2, 0.25) is 5.91 Å². The van der Waals surface area contributed by atoms with Gasteiger partial charge in [0, 0.05) is 6.42 Å². The zero-order chi connectivity index (χ0) is 18.2. The standard InChI is InChI=1S/C22H29NO2/c1-16(2)20-9-6-19(7-10-20)8-12-22(24)23-13-14-25-21-11-5-17(3)15-18(21)4/h5-7,9-11,15-16H,8,12-14H2,1-4H3,(H,23,24). The van der Waals surface area contributed by atoms with Crippen molar-refractivity contribution in [3.63, 3.8) is 0 Å². The lowest BCUT2D eigenvalue weighted by molar-refractivity contribution is -0.121. The van der Waals surface area contributed by atoms with Gasteiger partial charge in [-0.25, -0.2) is 0 Å². The Hall–Kier alpha value is -2.29. The third-order valence-electron chi connectivity index (χ3n) is 4.30. The molecule has 2 aromatic carbocycles. The van der Waals surface area contributed by atoms with Crippen LogP contribution in [0.5, 0.6) is 5.75 Å². The SMILES string of the molecule is Cc1ccc(OCCNC(=O)CCc2ccc(C(C)C)cc2)c(C)c1. The number of amides is 1. The van der Waals surface area contributed by atoms with Crippen LogP contribution < -0.4 is 10.1 Å². The fraction of sp³-hybridized carbons (Fsp3) is 0.409. The first-order chi connectivity index (χ1) is 12.0. The molecule has 0 aliphatic carbocycles. The van der Waals surface area contributed by atoms with Crippen LogP contribution in [0.2, 0.25) is 0 Å². The van der Waals surface area contributed by atoms with E-state index in [4.69, 9.17) is 4.74 Å². The van der Waals surface area contributed by atoms with E-state index in [0.717, 1.165) is 17.7 Å². The lowest BCUT2D eigenvalue weighted by Gasteiger charge is -2.11. The van der Waals surface area contributed by atoms with Crippen molar-refractivity contribution < 1.29 is 9.53 Å². The van der Waals surface area contributed by atoms with E-state index in [1.54, 1.807) is 0 Å². The van der Waals surface area contributed by atoms with Crippen molar-refractivity contribution in [2.75, 3.05) is 13.2 Å². The molecule has 0 heterocycles. The molecular formula is C22H29NO2. The van der Waals surface area contributed by atoms with Crippen molar-refractivity contribution in [3.8, 4) is 5.75 Å². The van der Waals surface area contributed by atoms with Crippen molar-refractivity contribution >= 4 is 5.91 Å². The molecule has 3 heteroatoms. The number of nitrogens with one attached hydrogen (secondary N) is 1. The normalized spacial score (nSPS) is 10.8. The molecule has 2 rings (SSSR count). The molecule has 0 spiro atoms. The Balaban J connectivity index is 1.67. The van der Waals surface area contributed by atoms with Gasteiger partial charge in [-0.1, -0.05) is 55.8 Å². The first kappa shape index (κ1) is 19.0. The summed E-state index contributed by atoms with van der Waals surface area (Å²) in [5.41, 5.74) is 4.87. The lowest BCUT2D eigenvalue weighted by Crippen LogP contribution is -2.28. The lowest BCUT2D eigenvalue weighted by atomic mass is 10.0. The monoisotopic (exact) mass is 339 g/mol. The van der Waals surface area contributed by atoms with E-state index < -0.39 is 0 Å². The highest BCUT2D eigenvalue weighted by Gasteiger charge is 2.04. The Bertz CT molecular complexity index is 690. The Labute approximate surface area is 151 Å². The van der Waals surface area contributed by atoms with Crippen LogP contribution >= 0.6 is 0 Å². The van der Waals surface area contributed by atoms with Gasteiger partial charge in [-0.15, -0.1) is 0 Å². The van der Waals surface area contributed by atoms with Crippen molar-refractivity contribution in [1.29, 1.82) is 0 Å². The zero-order valence-electron chi connectivity index (χ0n) is 15.8. The van der Waals surface area contributed by atoms with E-state index in [1.807, 2.05) is 19.1 Å². The minimum Gasteiger partial charge on any atom is -0.491 e. The van der Waals surface area contributed by atoms with Crippen molar-refractivity contribution in [2.24, 2.45) is 0 Å². The summed E-state index contributed by atoms with van der Waals surface area (Å²) >= 11 is 0. The number of hydrogen-bond donors (Lipinski definition) is 1. The molecule has 0 atom stereocenters. The van der Waals surface area contributed by atoms with Gasteiger partial charge >= 0.3 is 0 Å². The van der Waals surface area contributed by atoms with E-state index in [1.165, 1.54) is 16.7 Å². The summed E-state index contributed by atoms with van der Waals surface area (Å²) in [7, 11) is 0. The highest BCUT2D eigenvalue weighted by molar-refractivity contribution is 5.76. The number of ether oxygens (including phenoxy) is 1. The Morgan fingerprint density at radius 3 is 2.44 bits per heavy atom. The fourth-order valence-electron chi connectivity index (χ4n) is 2.73. The van der Waals surface area contributed by atoms with Gasteiger partial charge in [-0.2, -0.15) is 0 Å². The van der Waals surface area contributed by atoms with Crippen LogP contribution in [0.1, 0.15) is 48.4 Å². The maximum absolute atomic E-state index is 11.9. The van der Waals surface area contributed by atoms with Crippen LogP contribution in [-0.2, 0) is 11.2 Å². The molecule has 1 amide bonds. The minimum atomic E-state index is 0.0668. The van der Waals surface area contributed by atoms with Crippen LogP contribution in [0.15, 0.2) is 42.5 Å². The Morgan fingerprint density at radius 1 is 1.08 bits per heavy atom. The highest BCUT2D eigenvalue weighted by atomic mass is 16.5. The topological polar surface area (TPSA) is 38.3 Å². The average Bonchev–Trinajstić information content (AvgIpc) is 2.58. The molecule has 0 saturated carbocycles. The first-order valence-corrected chi connectivity index (χ1v) is 9.01. The van der Waals surface area contributed by atoms with Gasteiger partial charge in [0.05, 0.1) is 6.54 Å². The fourth-order valence-corrected chi connectivity index (χ4v) is 2.73. The van der Waals surface area contributed by atoms with Crippen LogP contribution in [0, 0.1) is 13.8 Å². The molecular weight excluding hydrogens is 310 g/mol. The maximum atomic E-state index is 11.9.